The molecule has 0 saturated heterocycles. The zero-order valence-electron chi connectivity index (χ0n) is 13.8. The standard InChI is InChI=1S/C16H22N6O/c1-11-5-6-13(15(20-11)22(3)4)21-16(23)19-10-12-7-8-18-14(9-12)17-2/h5-9H,10H2,1-4H3,(H,17,18)(H2,19,21,23). The zero-order valence-corrected chi connectivity index (χ0v) is 13.8. The van der Waals surface area contributed by atoms with Crippen LogP contribution in [0.25, 0.3) is 0 Å². The Hall–Kier alpha value is -2.83. The van der Waals surface area contributed by atoms with Crippen molar-refractivity contribution in [3.8, 4) is 0 Å². The highest BCUT2D eigenvalue weighted by Gasteiger charge is 2.10. The maximum atomic E-state index is 12.1. The van der Waals surface area contributed by atoms with E-state index in [1.165, 1.54) is 0 Å². The van der Waals surface area contributed by atoms with Gasteiger partial charge in [-0.15, -0.1) is 0 Å². The number of anilines is 3. The topological polar surface area (TPSA) is 82.2 Å². The van der Waals surface area contributed by atoms with Crippen LogP contribution in [-0.2, 0) is 6.54 Å². The van der Waals surface area contributed by atoms with E-state index in [4.69, 9.17) is 0 Å². The number of aromatic nitrogens is 2. The average molecular weight is 314 g/mol. The number of nitrogens with zero attached hydrogens (tertiary/aromatic N) is 3. The Balaban J connectivity index is 2.00. The molecule has 0 aromatic carbocycles. The van der Waals surface area contributed by atoms with Crippen LogP contribution in [0.5, 0.6) is 0 Å². The van der Waals surface area contributed by atoms with E-state index in [0.717, 1.165) is 22.9 Å². The highest BCUT2D eigenvalue weighted by molar-refractivity contribution is 5.92. The van der Waals surface area contributed by atoms with Gasteiger partial charge in [0.2, 0.25) is 0 Å². The summed E-state index contributed by atoms with van der Waals surface area (Å²) in [7, 11) is 5.58. The van der Waals surface area contributed by atoms with Crippen molar-refractivity contribution < 1.29 is 4.79 Å². The molecule has 0 bridgehead atoms. The van der Waals surface area contributed by atoms with Crippen LogP contribution in [0.2, 0.25) is 0 Å². The summed E-state index contributed by atoms with van der Waals surface area (Å²) in [5.41, 5.74) is 2.54. The molecule has 2 aromatic heterocycles. The Bertz CT molecular complexity index is 686. The number of urea groups is 1. The lowest BCUT2D eigenvalue weighted by molar-refractivity contribution is 0.251. The predicted molar refractivity (Wildman–Crippen MR) is 92.9 cm³/mol. The zero-order chi connectivity index (χ0) is 16.8. The van der Waals surface area contributed by atoms with Crippen LogP contribution in [0.3, 0.4) is 0 Å². The molecular weight excluding hydrogens is 292 g/mol. The lowest BCUT2D eigenvalue weighted by Crippen LogP contribution is -2.29. The van der Waals surface area contributed by atoms with Crippen LogP contribution in [0.15, 0.2) is 30.5 Å². The van der Waals surface area contributed by atoms with Crippen LogP contribution in [0.1, 0.15) is 11.3 Å². The molecule has 0 fully saturated rings. The van der Waals surface area contributed by atoms with Gasteiger partial charge in [-0.1, -0.05) is 0 Å². The molecule has 0 saturated carbocycles. The second-order valence-corrected chi connectivity index (χ2v) is 5.33. The third-order valence-electron chi connectivity index (χ3n) is 3.22. The Labute approximate surface area is 136 Å². The number of aryl methyl sites for hydroxylation is 1. The summed E-state index contributed by atoms with van der Waals surface area (Å²) in [6, 6.07) is 7.19. The first kappa shape index (κ1) is 16.5. The normalized spacial score (nSPS) is 10.1. The molecule has 0 aliphatic carbocycles. The molecule has 0 spiro atoms. The summed E-state index contributed by atoms with van der Waals surface area (Å²) in [5.74, 6) is 1.49. The van der Waals surface area contributed by atoms with Crippen LogP contribution in [-0.4, -0.2) is 37.1 Å². The number of nitrogens with one attached hydrogen (secondary N) is 3. The highest BCUT2D eigenvalue weighted by Crippen LogP contribution is 2.21. The molecule has 7 heteroatoms. The quantitative estimate of drug-likeness (QED) is 0.788. The molecule has 2 amide bonds. The van der Waals surface area contributed by atoms with Crippen LogP contribution in [0, 0.1) is 6.92 Å². The summed E-state index contributed by atoms with van der Waals surface area (Å²) in [4.78, 5) is 22.5. The molecule has 2 heterocycles. The molecule has 0 aliphatic heterocycles. The summed E-state index contributed by atoms with van der Waals surface area (Å²) >= 11 is 0. The van der Waals surface area contributed by atoms with Gasteiger partial charge in [0.15, 0.2) is 5.82 Å². The van der Waals surface area contributed by atoms with Gasteiger partial charge in [0.1, 0.15) is 5.82 Å². The second kappa shape index (κ2) is 7.44. The highest BCUT2D eigenvalue weighted by atomic mass is 16.2. The number of hydrogen-bond donors (Lipinski definition) is 3. The summed E-state index contributed by atoms with van der Waals surface area (Å²) in [6.07, 6.45) is 1.70. The minimum Gasteiger partial charge on any atom is -0.373 e. The molecule has 23 heavy (non-hydrogen) atoms. The monoisotopic (exact) mass is 314 g/mol. The van der Waals surface area contributed by atoms with Crippen molar-refractivity contribution in [3.63, 3.8) is 0 Å². The molecule has 7 nitrogen and oxygen atoms in total. The third-order valence-corrected chi connectivity index (χ3v) is 3.22. The molecule has 2 aromatic rings. The summed E-state index contributed by atoms with van der Waals surface area (Å²) in [5, 5.41) is 8.63. The molecule has 122 valence electrons. The first-order chi connectivity index (χ1) is 11.0. The number of pyridine rings is 2. The lowest BCUT2D eigenvalue weighted by atomic mass is 10.2. The van der Waals surface area contributed by atoms with Gasteiger partial charge in [-0.3, -0.25) is 0 Å². The van der Waals surface area contributed by atoms with Crippen molar-refractivity contribution in [2.24, 2.45) is 0 Å². The number of carbonyl (C=O) groups excluding carboxylic acids is 1. The van der Waals surface area contributed by atoms with E-state index in [1.807, 2.05) is 50.2 Å². The number of carbonyl (C=O) groups is 1. The molecule has 3 N–H and O–H groups in total. The Kier molecular flexibility index (Phi) is 5.35. The van der Waals surface area contributed by atoms with E-state index in [2.05, 4.69) is 25.9 Å². The maximum absolute atomic E-state index is 12.1. The largest absolute Gasteiger partial charge is 0.373 e. The lowest BCUT2D eigenvalue weighted by Gasteiger charge is -2.17. The Morgan fingerprint density at radius 2 is 2.04 bits per heavy atom. The second-order valence-electron chi connectivity index (χ2n) is 5.33. The van der Waals surface area contributed by atoms with Gasteiger partial charge in [0, 0.05) is 39.6 Å². The van der Waals surface area contributed by atoms with Gasteiger partial charge < -0.3 is 20.9 Å². The van der Waals surface area contributed by atoms with Crippen molar-refractivity contribution in [3.05, 3.63) is 41.7 Å². The van der Waals surface area contributed by atoms with Gasteiger partial charge in [-0.05, 0) is 36.8 Å². The van der Waals surface area contributed by atoms with Crippen molar-refractivity contribution in [1.29, 1.82) is 0 Å². The molecule has 2 rings (SSSR count). The van der Waals surface area contributed by atoms with Crippen molar-refractivity contribution in [2.75, 3.05) is 36.7 Å². The van der Waals surface area contributed by atoms with E-state index >= 15 is 0 Å². The van der Waals surface area contributed by atoms with Gasteiger partial charge in [0.05, 0.1) is 5.69 Å². The van der Waals surface area contributed by atoms with Crippen LogP contribution in [0.4, 0.5) is 22.1 Å². The molecule has 0 atom stereocenters. The molecule has 0 radical (unpaired) electrons. The van der Waals surface area contributed by atoms with E-state index in [1.54, 1.807) is 13.2 Å². The fourth-order valence-corrected chi connectivity index (χ4v) is 2.05. The smallest absolute Gasteiger partial charge is 0.319 e. The maximum Gasteiger partial charge on any atom is 0.319 e. The van der Waals surface area contributed by atoms with Gasteiger partial charge >= 0.3 is 6.03 Å². The average Bonchev–Trinajstić information content (AvgIpc) is 2.54. The first-order valence-corrected chi connectivity index (χ1v) is 7.32. The van der Waals surface area contributed by atoms with Crippen molar-refractivity contribution in [1.82, 2.24) is 15.3 Å². The van der Waals surface area contributed by atoms with Gasteiger partial charge in [-0.25, -0.2) is 14.8 Å². The molecule has 0 aliphatic rings. The fraction of sp³-hybridized carbons (Fsp3) is 0.312. The van der Waals surface area contributed by atoms with Crippen LogP contribution >= 0.6 is 0 Å². The van der Waals surface area contributed by atoms with Crippen molar-refractivity contribution in [2.45, 2.75) is 13.5 Å². The minimum atomic E-state index is -0.276. The van der Waals surface area contributed by atoms with Crippen LogP contribution < -0.4 is 20.9 Å². The Morgan fingerprint density at radius 3 is 2.74 bits per heavy atom. The van der Waals surface area contributed by atoms with Gasteiger partial charge in [0.25, 0.3) is 0 Å². The van der Waals surface area contributed by atoms with E-state index < -0.39 is 0 Å². The van der Waals surface area contributed by atoms with E-state index in [-0.39, 0.29) is 6.03 Å². The van der Waals surface area contributed by atoms with Gasteiger partial charge in [-0.2, -0.15) is 0 Å². The van der Waals surface area contributed by atoms with E-state index in [0.29, 0.717) is 12.2 Å². The predicted octanol–water partition coefficient (Wildman–Crippen LogP) is 2.21. The third kappa shape index (κ3) is 4.57. The first-order valence-electron chi connectivity index (χ1n) is 7.32. The molecule has 0 unspecified atom stereocenters. The SMILES string of the molecule is CNc1cc(CNC(=O)Nc2ccc(C)nc2N(C)C)ccn1. The number of rotatable bonds is 5. The number of hydrogen-bond acceptors (Lipinski definition) is 5. The van der Waals surface area contributed by atoms with E-state index in [9.17, 15) is 4.79 Å². The minimum absolute atomic E-state index is 0.276. The summed E-state index contributed by atoms with van der Waals surface area (Å²) in [6.45, 7) is 2.33. The molecular formula is C16H22N6O. The fourth-order valence-electron chi connectivity index (χ4n) is 2.05. The summed E-state index contributed by atoms with van der Waals surface area (Å²) < 4.78 is 0. The number of amides is 2. The Morgan fingerprint density at radius 1 is 1.26 bits per heavy atom. The van der Waals surface area contributed by atoms with Crippen molar-refractivity contribution >= 4 is 23.4 Å².